The molecular weight excluding hydrogens is 256 g/mol. The second kappa shape index (κ2) is 8.54. The van der Waals surface area contributed by atoms with E-state index in [9.17, 15) is 9.59 Å². The van der Waals surface area contributed by atoms with Crippen LogP contribution in [0.3, 0.4) is 0 Å². The fraction of sp³-hybridized carbons (Fsp3) is 0.250. The molecule has 4 heteroatoms. The molecule has 1 aromatic carbocycles. The predicted molar refractivity (Wildman–Crippen MR) is 74.5 cm³/mol. The quantitative estimate of drug-likeness (QED) is 0.357. The Balaban J connectivity index is 2.63. The highest BCUT2D eigenvalue weighted by Crippen LogP contribution is 2.18. The van der Waals surface area contributed by atoms with Crippen LogP contribution in [0.15, 0.2) is 42.5 Å². The molecule has 1 unspecified atom stereocenters. The molecule has 0 aliphatic carbocycles. The summed E-state index contributed by atoms with van der Waals surface area (Å²) in [5.41, 5.74) is 0.846. The second-order valence-electron chi connectivity index (χ2n) is 3.84. The minimum atomic E-state index is -0.583. The van der Waals surface area contributed by atoms with E-state index in [4.69, 9.17) is 9.47 Å². The molecular formula is C16H16O4. The van der Waals surface area contributed by atoms with Gasteiger partial charge in [-0.3, -0.25) is 4.79 Å². The third kappa shape index (κ3) is 5.87. The van der Waals surface area contributed by atoms with E-state index in [1.807, 2.05) is 30.3 Å². The van der Waals surface area contributed by atoms with E-state index in [2.05, 4.69) is 11.8 Å². The van der Waals surface area contributed by atoms with Crippen LogP contribution in [-0.4, -0.2) is 18.5 Å². The van der Waals surface area contributed by atoms with Gasteiger partial charge < -0.3 is 9.47 Å². The first kappa shape index (κ1) is 15.5. The summed E-state index contributed by atoms with van der Waals surface area (Å²) in [6, 6.07) is 9.30. The van der Waals surface area contributed by atoms with Crippen molar-refractivity contribution in [3.05, 3.63) is 48.0 Å². The summed E-state index contributed by atoms with van der Waals surface area (Å²) in [5.74, 6) is 3.76. The number of ether oxygens (including phenoxy) is 2. The number of esters is 2. The van der Waals surface area contributed by atoms with Crippen molar-refractivity contribution in [1.29, 1.82) is 0 Å². The molecule has 4 nitrogen and oxygen atoms in total. The number of hydrogen-bond acceptors (Lipinski definition) is 4. The number of hydrogen-bond donors (Lipinski definition) is 0. The van der Waals surface area contributed by atoms with Gasteiger partial charge in [0, 0.05) is 12.8 Å². The van der Waals surface area contributed by atoms with E-state index < -0.39 is 12.1 Å². The summed E-state index contributed by atoms with van der Waals surface area (Å²) in [4.78, 5) is 22.1. The van der Waals surface area contributed by atoms with Gasteiger partial charge in [-0.25, -0.2) is 4.79 Å². The van der Waals surface area contributed by atoms with Crippen LogP contribution in [-0.2, 0) is 19.1 Å². The van der Waals surface area contributed by atoms with Crippen molar-refractivity contribution >= 4 is 11.9 Å². The molecule has 0 bridgehead atoms. The van der Waals surface area contributed by atoms with Gasteiger partial charge in [0.15, 0.2) is 0 Å². The molecule has 0 saturated heterocycles. The van der Waals surface area contributed by atoms with Crippen LogP contribution in [0.4, 0.5) is 0 Å². The van der Waals surface area contributed by atoms with Crippen molar-refractivity contribution in [2.24, 2.45) is 0 Å². The highest BCUT2D eigenvalue weighted by Gasteiger charge is 2.10. The summed E-state index contributed by atoms with van der Waals surface area (Å²) < 4.78 is 10.0. The lowest BCUT2D eigenvalue weighted by molar-refractivity contribution is -0.144. The van der Waals surface area contributed by atoms with Crippen LogP contribution in [0, 0.1) is 11.8 Å². The highest BCUT2D eigenvalue weighted by molar-refractivity contribution is 5.88. The lowest BCUT2D eigenvalue weighted by Crippen LogP contribution is -2.07. The van der Waals surface area contributed by atoms with Crippen molar-refractivity contribution in [2.45, 2.75) is 20.0 Å². The van der Waals surface area contributed by atoms with Gasteiger partial charge in [0.1, 0.15) is 12.7 Å². The van der Waals surface area contributed by atoms with E-state index in [0.29, 0.717) is 0 Å². The van der Waals surface area contributed by atoms with Crippen molar-refractivity contribution in [3.63, 3.8) is 0 Å². The van der Waals surface area contributed by atoms with Gasteiger partial charge in [-0.1, -0.05) is 36.3 Å². The van der Waals surface area contributed by atoms with Gasteiger partial charge in [-0.15, -0.1) is 0 Å². The standard InChI is InChI=1S/C16H16O4/c1-3-8-16(18)19-12-7-11-15(20-13(2)17)14-9-5-4-6-10-14/h4-7,9-11,15H,12H2,1-2H3/b11-7-. The third-order valence-electron chi connectivity index (χ3n) is 2.27. The van der Waals surface area contributed by atoms with E-state index in [1.165, 1.54) is 6.92 Å². The minimum Gasteiger partial charge on any atom is -0.453 e. The molecule has 0 amide bonds. The summed E-state index contributed by atoms with van der Waals surface area (Å²) in [7, 11) is 0. The lowest BCUT2D eigenvalue weighted by atomic mass is 10.1. The van der Waals surface area contributed by atoms with Crippen molar-refractivity contribution in [1.82, 2.24) is 0 Å². The Labute approximate surface area is 118 Å². The van der Waals surface area contributed by atoms with Crippen molar-refractivity contribution in [2.75, 3.05) is 6.61 Å². The lowest BCUT2D eigenvalue weighted by Gasteiger charge is -2.13. The number of rotatable bonds is 5. The molecule has 0 radical (unpaired) electrons. The SMILES string of the molecule is CC#CC(=O)OC/C=C\C(OC(C)=O)c1ccccc1. The van der Waals surface area contributed by atoms with Gasteiger partial charge in [0.25, 0.3) is 0 Å². The van der Waals surface area contributed by atoms with Crippen LogP contribution in [0.2, 0.25) is 0 Å². The number of benzene rings is 1. The smallest absolute Gasteiger partial charge is 0.384 e. The fourth-order valence-corrected chi connectivity index (χ4v) is 1.48. The first-order valence-corrected chi connectivity index (χ1v) is 6.12. The van der Waals surface area contributed by atoms with E-state index in [0.717, 1.165) is 5.56 Å². The molecule has 0 heterocycles. The van der Waals surface area contributed by atoms with Crippen LogP contribution >= 0.6 is 0 Å². The maximum absolute atomic E-state index is 11.1. The molecule has 0 spiro atoms. The van der Waals surface area contributed by atoms with Gasteiger partial charge in [-0.2, -0.15) is 0 Å². The van der Waals surface area contributed by atoms with Gasteiger partial charge in [-0.05, 0) is 24.6 Å². The molecule has 0 N–H and O–H groups in total. The fourth-order valence-electron chi connectivity index (χ4n) is 1.48. The van der Waals surface area contributed by atoms with Gasteiger partial charge >= 0.3 is 11.9 Å². The normalized spacial score (nSPS) is 11.3. The highest BCUT2D eigenvalue weighted by atomic mass is 16.5. The summed E-state index contributed by atoms with van der Waals surface area (Å²) in [6.07, 6.45) is 2.80. The average molecular weight is 272 g/mol. The largest absolute Gasteiger partial charge is 0.453 e. The second-order valence-corrected chi connectivity index (χ2v) is 3.84. The average Bonchev–Trinajstić information content (AvgIpc) is 2.43. The van der Waals surface area contributed by atoms with Crippen molar-refractivity contribution in [3.8, 4) is 11.8 Å². The van der Waals surface area contributed by atoms with Crippen LogP contribution in [0.25, 0.3) is 0 Å². The Morgan fingerprint density at radius 2 is 2.00 bits per heavy atom. The van der Waals surface area contributed by atoms with Crippen LogP contribution in [0.5, 0.6) is 0 Å². The third-order valence-corrected chi connectivity index (χ3v) is 2.27. The Bertz CT molecular complexity index is 535. The molecule has 1 aromatic rings. The zero-order valence-electron chi connectivity index (χ0n) is 11.5. The molecule has 104 valence electrons. The minimum absolute atomic E-state index is 0.0815. The molecule has 1 atom stereocenters. The summed E-state index contributed by atoms with van der Waals surface area (Å²) >= 11 is 0. The van der Waals surface area contributed by atoms with Crippen LogP contribution < -0.4 is 0 Å². The Hall–Kier alpha value is -2.54. The number of carbonyl (C=O) groups excluding carboxylic acids is 2. The van der Waals surface area contributed by atoms with Gasteiger partial charge in [0.05, 0.1) is 0 Å². The molecule has 1 rings (SSSR count). The Kier molecular flexibility index (Phi) is 6.63. The zero-order valence-corrected chi connectivity index (χ0v) is 11.5. The predicted octanol–water partition coefficient (Wildman–Crippen LogP) is 2.41. The molecule has 0 saturated carbocycles. The molecule has 0 aliphatic rings. The van der Waals surface area contributed by atoms with Crippen molar-refractivity contribution < 1.29 is 19.1 Å². The zero-order chi connectivity index (χ0) is 14.8. The summed E-state index contributed by atoms with van der Waals surface area (Å²) in [5, 5.41) is 0. The Morgan fingerprint density at radius 1 is 1.30 bits per heavy atom. The molecule has 20 heavy (non-hydrogen) atoms. The molecule has 0 aromatic heterocycles. The van der Waals surface area contributed by atoms with E-state index in [1.54, 1.807) is 19.1 Å². The summed E-state index contributed by atoms with van der Waals surface area (Å²) in [6.45, 7) is 2.99. The maximum Gasteiger partial charge on any atom is 0.384 e. The first-order valence-electron chi connectivity index (χ1n) is 6.12. The molecule has 0 fully saturated rings. The first-order chi connectivity index (χ1) is 9.63. The monoisotopic (exact) mass is 272 g/mol. The topological polar surface area (TPSA) is 52.6 Å². The van der Waals surface area contributed by atoms with E-state index in [-0.39, 0.29) is 12.6 Å². The Morgan fingerprint density at radius 3 is 2.60 bits per heavy atom. The van der Waals surface area contributed by atoms with Gasteiger partial charge in [0.2, 0.25) is 0 Å². The maximum atomic E-state index is 11.1. The number of carbonyl (C=O) groups is 2. The van der Waals surface area contributed by atoms with Crippen LogP contribution in [0.1, 0.15) is 25.5 Å². The molecule has 0 aliphatic heterocycles. The van der Waals surface area contributed by atoms with E-state index >= 15 is 0 Å².